The van der Waals surface area contributed by atoms with Gasteiger partial charge >= 0.3 is 0 Å². The van der Waals surface area contributed by atoms with Crippen LogP contribution >= 0.6 is 23.1 Å². The van der Waals surface area contributed by atoms with Crippen LogP contribution in [-0.4, -0.2) is 27.1 Å². The van der Waals surface area contributed by atoms with Crippen molar-refractivity contribution >= 4 is 51.3 Å². The molecule has 0 spiro atoms. The van der Waals surface area contributed by atoms with Gasteiger partial charge in [-0.25, -0.2) is 0 Å². The van der Waals surface area contributed by atoms with Crippen LogP contribution in [0, 0.1) is 6.92 Å². The fourth-order valence-electron chi connectivity index (χ4n) is 2.47. The Morgan fingerprint density at radius 3 is 2.50 bits per heavy atom. The van der Waals surface area contributed by atoms with Gasteiger partial charge in [-0.05, 0) is 32.0 Å². The maximum absolute atomic E-state index is 12.6. The van der Waals surface area contributed by atoms with Crippen molar-refractivity contribution in [2.24, 2.45) is 0 Å². The minimum atomic E-state index is -0.258. The van der Waals surface area contributed by atoms with E-state index in [1.54, 1.807) is 0 Å². The molecule has 1 amide bonds. The van der Waals surface area contributed by atoms with Crippen molar-refractivity contribution in [2.45, 2.75) is 30.4 Å². The van der Waals surface area contributed by atoms with E-state index in [0.29, 0.717) is 20.7 Å². The number of hydrogen-bond donors (Lipinski definition) is 2. The molecular weight excluding hydrogens is 392 g/mol. The number of ketones is 1. The molecule has 1 heterocycles. The Bertz CT molecular complexity index is 986. The SMILES string of the molecule is CC(=O)Nc1cccc(Nc2nnc(SC(C)C(=O)c3ccc(C)cc3)s2)c1. The Hall–Kier alpha value is -2.71. The van der Waals surface area contributed by atoms with Crippen LogP contribution in [0.2, 0.25) is 0 Å². The minimum absolute atomic E-state index is 0.0673. The van der Waals surface area contributed by atoms with Gasteiger partial charge in [-0.3, -0.25) is 9.59 Å². The van der Waals surface area contributed by atoms with Crippen LogP contribution in [0.1, 0.15) is 29.8 Å². The topological polar surface area (TPSA) is 84.0 Å². The van der Waals surface area contributed by atoms with Gasteiger partial charge in [0.1, 0.15) is 0 Å². The van der Waals surface area contributed by atoms with Crippen molar-refractivity contribution in [3.8, 4) is 0 Å². The zero-order chi connectivity index (χ0) is 20.1. The molecule has 0 aliphatic heterocycles. The Labute approximate surface area is 171 Å². The van der Waals surface area contributed by atoms with Gasteiger partial charge in [0.05, 0.1) is 5.25 Å². The third-order valence-electron chi connectivity index (χ3n) is 3.82. The van der Waals surface area contributed by atoms with E-state index in [4.69, 9.17) is 0 Å². The third kappa shape index (κ3) is 5.40. The highest BCUT2D eigenvalue weighted by Crippen LogP contribution is 2.32. The first-order valence-corrected chi connectivity index (χ1v) is 10.4. The molecule has 2 N–H and O–H groups in total. The maximum Gasteiger partial charge on any atom is 0.221 e. The highest BCUT2D eigenvalue weighted by Gasteiger charge is 2.18. The van der Waals surface area contributed by atoms with Gasteiger partial charge in [0.15, 0.2) is 10.1 Å². The van der Waals surface area contributed by atoms with E-state index in [1.807, 2.05) is 62.4 Å². The number of carbonyl (C=O) groups is 2. The van der Waals surface area contributed by atoms with Crippen LogP contribution in [0.5, 0.6) is 0 Å². The first-order chi connectivity index (χ1) is 13.4. The van der Waals surface area contributed by atoms with Gasteiger partial charge in [0, 0.05) is 23.9 Å². The predicted molar refractivity (Wildman–Crippen MR) is 115 cm³/mol. The molecule has 0 fully saturated rings. The van der Waals surface area contributed by atoms with Crippen LogP contribution in [0.3, 0.4) is 0 Å². The summed E-state index contributed by atoms with van der Waals surface area (Å²) in [7, 11) is 0. The molecule has 1 atom stereocenters. The lowest BCUT2D eigenvalue weighted by atomic mass is 10.1. The average Bonchev–Trinajstić information content (AvgIpc) is 3.08. The number of amides is 1. The lowest BCUT2D eigenvalue weighted by molar-refractivity contribution is -0.114. The quantitative estimate of drug-likeness (QED) is 0.424. The summed E-state index contributed by atoms with van der Waals surface area (Å²) in [5, 5.41) is 14.6. The zero-order valence-electron chi connectivity index (χ0n) is 15.7. The fraction of sp³-hybridized carbons (Fsp3) is 0.200. The Morgan fingerprint density at radius 2 is 1.79 bits per heavy atom. The van der Waals surface area contributed by atoms with E-state index < -0.39 is 0 Å². The summed E-state index contributed by atoms with van der Waals surface area (Å²) in [5.74, 6) is -0.0586. The molecule has 8 heteroatoms. The summed E-state index contributed by atoms with van der Waals surface area (Å²) in [5.41, 5.74) is 3.32. The van der Waals surface area contributed by atoms with Crippen molar-refractivity contribution in [2.75, 3.05) is 10.6 Å². The number of thioether (sulfide) groups is 1. The number of nitrogens with zero attached hydrogens (tertiary/aromatic N) is 2. The Morgan fingerprint density at radius 1 is 1.07 bits per heavy atom. The maximum atomic E-state index is 12.6. The van der Waals surface area contributed by atoms with Crippen LogP contribution in [0.15, 0.2) is 52.9 Å². The smallest absolute Gasteiger partial charge is 0.221 e. The van der Waals surface area contributed by atoms with Gasteiger partial charge < -0.3 is 10.6 Å². The van der Waals surface area contributed by atoms with Gasteiger partial charge in [-0.15, -0.1) is 10.2 Å². The molecule has 0 saturated heterocycles. The zero-order valence-corrected chi connectivity index (χ0v) is 17.4. The van der Waals surface area contributed by atoms with Crippen LogP contribution in [0.4, 0.5) is 16.5 Å². The van der Waals surface area contributed by atoms with Crippen molar-refractivity contribution in [3.63, 3.8) is 0 Å². The van der Waals surface area contributed by atoms with Crippen molar-refractivity contribution in [1.82, 2.24) is 10.2 Å². The molecule has 28 heavy (non-hydrogen) atoms. The molecule has 144 valence electrons. The molecule has 0 aliphatic rings. The second-order valence-electron chi connectivity index (χ2n) is 6.25. The molecular formula is C20H20N4O2S2. The van der Waals surface area contributed by atoms with E-state index in [9.17, 15) is 9.59 Å². The number of benzene rings is 2. The van der Waals surface area contributed by atoms with Crippen LogP contribution in [0.25, 0.3) is 0 Å². The molecule has 2 aromatic carbocycles. The molecule has 6 nitrogen and oxygen atoms in total. The molecule has 3 rings (SSSR count). The highest BCUT2D eigenvalue weighted by molar-refractivity contribution is 8.02. The number of carbonyl (C=O) groups excluding carboxylic acids is 2. The molecule has 0 radical (unpaired) electrons. The molecule has 0 saturated carbocycles. The largest absolute Gasteiger partial charge is 0.330 e. The number of hydrogen-bond acceptors (Lipinski definition) is 7. The van der Waals surface area contributed by atoms with Crippen LogP contribution < -0.4 is 10.6 Å². The molecule has 3 aromatic rings. The standard InChI is InChI=1S/C20H20N4O2S2/c1-12-7-9-15(10-8-12)18(26)13(2)27-20-24-23-19(28-20)22-17-6-4-5-16(11-17)21-14(3)25/h4-11,13H,1-3H3,(H,21,25)(H,22,23). The number of aromatic nitrogens is 2. The fourth-order valence-corrected chi connectivity index (χ4v) is 4.46. The monoisotopic (exact) mass is 412 g/mol. The predicted octanol–water partition coefficient (Wildman–Crippen LogP) is 4.91. The molecule has 1 unspecified atom stereocenters. The van der Waals surface area contributed by atoms with Gasteiger partial charge in [-0.1, -0.05) is 59.0 Å². The van der Waals surface area contributed by atoms with Gasteiger partial charge in [0.2, 0.25) is 11.0 Å². The van der Waals surface area contributed by atoms with E-state index >= 15 is 0 Å². The molecule has 1 aromatic heterocycles. The summed E-state index contributed by atoms with van der Waals surface area (Å²) in [6.07, 6.45) is 0. The first kappa shape index (κ1) is 20.0. The minimum Gasteiger partial charge on any atom is -0.330 e. The van der Waals surface area contributed by atoms with Gasteiger partial charge in [-0.2, -0.15) is 0 Å². The summed E-state index contributed by atoms with van der Waals surface area (Å²) < 4.78 is 0.716. The highest BCUT2D eigenvalue weighted by atomic mass is 32.2. The number of nitrogens with one attached hydrogen (secondary N) is 2. The lowest BCUT2D eigenvalue weighted by Crippen LogP contribution is -2.13. The number of Topliss-reactive ketones (excluding diaryl/α,β-unsaturated/α-hetero) is 1. The van der Waals surface area contributed by atoms with E-state index in [0.717, 1.165) is 11.3 Å². The van der Waals surface area contributed by atoms with Crippen molar-refractivity contribution in [1.29, 1.82) is 0 Å². The molecule has 0 aliphatic carbocycles. The summed E-state index contributed by atoms with van der Waals surface area (Å²) in [4.78, 5) is 23.7. The summed E-state index contributed by atoms with van der Waals surface area (Å²) in [6, 6.07) is 14.9. The normalized spacial score (nSPS) is 11.7. The van der Waals surface area contributed by atoms with E-state index in [-0.39, 0.29) is 16.9 Å². The van der Waals surface area contributed by atoms with Crippen molar-refractivity contribution in [3.05, 3.63) is 59.7 Å². The number of rotatable bonds is 7. The Kier molecular flexibility index (Phi) is 6.43. The second kappa shape index (κ2) is 8.99. The van der Waals surface area contributed by atoms with Crippen molar-refractivity contribution < 1.29 is 9.59 Å². The van der Waals surface area contributed by atoms with E-state index in [2.05, 4.69) is 20.8 Å². The third-order valence-corrected chi connectivity index (χ3v) is 5.85. The lowest BCUT2D eigenvalue weighted by Gasteiger charge is -2.08. The van der Waals surface area contributed by atoms with Crippen LogP contribution in [-0.2, 0) is 4.79 Å². The summed E-state index contributed by atoms with van der Waals surface area (Å²) in [6.45, 7) is 5.33. The Balaban J connectivity index is 1.63. The number of aryl methyl sites for hydroxylation is 1. The second-order valence-corrected chi connectivity index (χ2v) is 8.82. The average molecular weight is 413 g/mol. The number of anilines is 3. The first-order valence-electron chi connectivity index (χ1n) is 8.66. The van der Waals surface area contributed by atoms with Gasteiger partial charge in [0.25, 0.3) is 0 Å². The summed E-state index contributed by atoms with van der Waals surface area (Å²) >= 11 is 2.77. The molecule has 0 bridgehead atoms. The van der Waals surface area contributed by atoms with E-state index in [1.165, 1.54) is 30.0 Å².